The zero-order chi connectivity index (χ0) is 19.4. The van der Waals surface area contributed by atoms with Crippen LogP contribution in [0.1, 0.15) is 38.4 Å². The third kappa shape index (κ3) is 4.39. The number of nitrogens with one attached hydrogen (secondary N) is 2. The third-order valence-electron chi connectivity index (χ3n) is 3.94. The summed E-state index contributed by atoms with van der Waals surface area (Å²) in [4.78, 5) is 20.9. The molecule has 0 fully saturated rings. The number of anilines is 1. The highest BCUT2D eigenvalue weighted by Crippen LogP contribution is 2.29. The molecule has 0 aliphatic heterocycles. The first-order valence-electron chi connectivity index (χ1n) is 9.06. The third-order valence-corrected chi connectivity index (χ3v) is 3.94. The summed E-state index contributed by atoms with van der Waals surface area (Å²) in [5.41, 5.74) is 1.59. The van der Waals surface area contributed by atoms with E-state index in [-0.39, 0.29) is 11.7 Å². The molecule has 3 aromatic rings. The van der Waals surface area contributed by atoms with Gasteiger partial charge in [0.15, 0.2) is 11.5 Å². The molecule has 0 saturated carbocycles. The Morgan fingerprint density at radius 1 is 1.22 bits per heavy atom. The fourth-order valence-corrected chi connectivity index (χ4v) is 2.75. The monoisotopic (exact) mass is 371 g/mol. The Morgan fingerprint density at radius 3 is 2.74 bits per heavy atom. The summed E-state index contributed by atoms with van der Waals surface area (Å²) in [6.45, 7) is 6.50. The van der Waals surface area contributed by atoms with Crippen molar-refractivity contribution < 1.29 is 9.47 Å². The molecule has 8 nitrogen and oxygen atoms in total. The molecule has 2 heterocycles. The molecule has 0 aliphatic carbocycles. The lowest BCUT2D eigenvalue weighted by Gasteiger charge is -2.14. The molecule has 0 amide bonds. The Morgan fingerprint density at radius 2 is 2.04 bits per heavy atom. The van der Waals surface area contributed by atoms with Crippen LogP contribution in [0.15, 0.2) is 29.1 Å². The smallest absolute Gasteiger partial charge is 0.274 e. The Hall–Kier alpha value is -3.03. The summed E-state index contributed by atoms with van der Waals surface area (Å²) < 4.78 is 12.5. The van der Waals surface area contributed by atoms with Crippen LogP contribution in [0, 0.1) is 0 Å². The first-order chi connectivity index (χ1) is 13.0. The van der Waals surface area contributed by atoms with Crippen molar-refractivity contribution in [2.24, 2.45) is 0 Å². The summed E-state index contributed by atoms with van der Waals surface area (Å²) in [6, 6.07) is 7.30. The number of fused-ring (bicyclic) bond motifs is 1. The standard InChI is InChI=1S/C19H25N5O3/c1-5-6-14-10-17(25)24-19(21-14)22-18(23-24)20-11-13-7-8-15(27-12(2)3)16(9-13)26-4/h7-10,12H,5-6,11H2,1-4H3,(H2,20,21,22,23). The fraction of sp³-hybridized carbons (Fsp3) is 0.421. The van der Waals surface area contributed by atoms with Crippen molar-refractivity contribution in [1.82, 2.24) is 19.6 Å². The average Bonchev–Trinajstić information content (AvgIpc) is 3.04. The van der Waals surface area contributed by atoms with Gasteiger partial charge in [-0.3, -0.25) is 9.89 Å². The van der Waals surface area contributed by atoms with Crippen LogP contribution in [-0.4, -0.2) is 32.8 Å². The number of nitrogens with zero attached hydrogens (tertiary/aromatic N) is 3. The number of aromatic amines is 1. The molecule has 2 N–H and O–H groups in total. The van der Waals surface area contributed by atoms with Crippen molar-refractivity contribution in [1.29, 1.82) is 0 Å². The molecular formula is C19H25N5O3. The molecule has 3 rings (SSSR count). The van der Waals surface area contributed by atoms with Gasteiger partial charge in [0, 0.05) is 12.6 Å². The highest BCUT2D eigenvalue weighted by molar-refractivity contribution is 5.44. The maximum Gasteiger partial charge on any atom is 0.274 e. The van der Waals surface area contributed by atoms with E-state index in [4.69, 9.17) is 9.47 Å². The molecule has 27 heavy (non-hydrogen) atoms. The highest BCUT2D eigenvalue weighted by atomic mass is 16.5. The largest absolute Gasteiger partial charge is 0.493 e. The van der Waals surface area contributed by atoms with E-state index in [1.165, 1.54) is 10.6 Å². The number of rotatable bonds is 8. The van der Waals surface area contributed by atoms with E-state index in [9.17, 15) is 4.79 Å². The summed E-state index contributed by atoms with van der Waals surface area (Å²) in [5.74, 6) is 2.23. The highest BCUT2D eigenvalue weighted by Gasteiger charge is 2.10. The van der Waals surface area contributed by atoms with Gasteiger partial charge in [0.25, 0.3) is 11.3 Å². The van der Waals surface area contributed by atoms with Gasteiger partial charge < -0.3 is 14.8 Å². The van der Waals surface area contributed by atoms with Crippen LogP contribution in [0.25, 0.3) is 5.78 Å². The minimum absolute atomic E-state index is 0.0711. The molecule has 144 valence electrons. The maximum atomic E-state index is 12.2. The molecule has 0 atom stereocenters. The van der Waals surface area contributed by atoms with Gasteiger partial charge in [-0.2, -0.15) is 9.50 Å². The number of hydrogen-bond acceptors (Lipinski definition) is 6. The number of aromatic nitrogens is 4. The lowest BCUT2D eigenvalue weighted by Crippen LogP contribution is -2.15. The lowest BCUT2D eigenvalue weighted by molar-refractivity contribution is 0.230. The van der Waals surface area contributed by atoms with Gasteiger partial charge in [0.05, 0.1) is 18.9 Å². The Balaban J connectivity index is 1.76. The fourth-order valence-electron chi connectivity index (χ4n) is 2.75. The van der Waals surface area contributed by atoms with Crippen LogP contribution in [0.4, 0.5) is 5.95 Å². The first-order valence-corrected chi connectivity index (χ1v) is 9.06. The molecule has 0 radical (unpaired) electrons. The normalized spacial score (nSPS) is 11.1. The maximum absolute atomic E-state index is 12.2. The van der Waals surface area contributed by atoms with Crippen molar-refractivity contribution in [3.8, 4) is 11.5 Å². The van der Waals surface area contributed by atoms with E-state index in [2.05, 4.69) is 20.4 Å². The van der Waals surface area contributed by atoms with E-state index in [0.717, 1.165) is 24.1 Å². The molecule has 1 aromatic carbocycles. The van der Waals surface area contributed by atoms with Gasteiger partial charge in [-0.15, -0.1) is 0 Å². The van der Waals surface area contributed by atoms with E-state index >= 15 is 0 Å². The molecule has 2 aromatic heterocycles. The van der Waals surface area contributed by atoms with Gasteiger partial charge in [-0.1, -0.05) is 19.4 Å². The zero-order valence-corrected chi connectivity index (χ0v) is 16.1. The number of hydrogen-bond donors (Lipinski definition) is 2. The van der Waals surface area contributed by atoms with Crippen LogP contribution < -0.4 is 20.3 Å². The summed E-state index contributed by atoms with van der Waals surface area (Å²) in [6.07, 6.45) is 1.75. The van der Waals surface area contributed by atoms with Crippen LogP contribution in [0.2, 0.25) is 0 Å². The van der Waals surface area contributed by atoms with Gasteiger partial charge in [0.1, 0.15) is 0 Å². The van der Waals surface area contributed by atoms with Gasteiger partial charge in [-0.05, 0) is 38.0 Å². The minimum atomic E-state index is -0.166. The predicted molar refractivity (Wildman–Crippen MR) is 104 cm³/mol. The second-order valence-electron chi connectivity index (χ2n) is 6.55. The molecule has 0 aliphatic rings. The van der Waals surface area contributed by atoms with Crippen LogP contribution >= 0.6 is 0 Å². The van der Waals surface area contributed by atoms with Crippen LogP contribution in [0.3, 0.4) is 0 Å². The number of aryl methyl sites for hydroxylation is 1. The van der Waals surface area contributed by atoms with E-state index in [0.29, 0.717) is 29.8 Å². The van der Waals surface area contributed by atoms with Gasteiger partial charge >= 0.3 is 0 Å². The van der Waals surface area contributed by atoms with E-state index in [1.807, 2.05) is 39.0 Å². The van der Waals surface area contributed by atoms with Gasteiger partial charge in [-0.25, -0.2) is 4.98 Å². The molecule has 0 unspecified atom stereocenters. The number of ether oxygens (including phenoxy) is 2. The summed E-state index contributed by atoms with van der Waals surface area (Å²) in [7, 11) is 1.62. The molecular weight excluding hydrogens is 346 g/mol. The Kier molecular flexibility index (Phi) is 5.63. The molecule has 0 bridgehead atoms. The minimum Gasteiger partial charge on any atom is -0.493 e. The quantitative estimate of drug-likeness (QED) is 0.632. The van der Waals surface area contributed by atoms with Crippen LogP contribution in [0.5, 0.6) is 11.5 Å². The first kappa shape index (κ1) is 18.8. The SMILES string of the molecule is CCCc1cc(=O)n2[nH]c(NCc3ccc(OC(C)C)c(OC)c3)nc2n1. The number of H-pyrrole nitrogens is 1. The second kappa shape index (κ2) is 8.11. The average molecular weight is 371 g/mol. The van der Waals surface area contributed by atoms with Crippen molar-refractivity contribution in [2.75, 3.05) is 12.4 Å². The van der Waals surface area contributed by atoms with Crippen molar-refractivity contribution in [2.45, 2.75) is 46.3 Å². The Labute approximate surface area is 157 Å². The van der Waals surface area contributed by atoms with Crippen molar-refractivity contribution in [3.63, 3.8) is 0 Å². The summed E-state index contributed by atoms with van der Waals surface area (Å²) in [5, 5.41) is 6.11. The summed E-state index contributed by atoms with van der Waals surface area (Å²) >= 11 is 0. The topological polar surface area (TPSA) is 93.5 Å². The van der Waals surface area contributed by atoms with Gasteiger partial charge in [0.2, 0.25) is 5.95 Å². The van der Waals surface area contributed by atoms with Crippen LogP contribution in [-0.2, 0) is 13.0 Å². The number of benzene rings is 1. The predicted octanol–water partition coefficient (Wildman–Crippen LogP) is 2.78. The van der Waals surface area contributed by atoms with E-state index < -0.39 is 0 Å². The second-order valence-corrected chi connectivity index (χ2v) is 6.55. The lowest BCUT2D eigenvalue weighted by atomic mass is 10.2. The van der Waals surface area contributed by atoms with Crippen molar-refractivity contribution >= 4 is 11.7 Å². The Bertz CT molecular complexity index is 977. The van der Waals surface area contributed by atoms with E-state index in [1.54, 1.807) is 7.11 Å². The van der Waals surface area contributed by atoms with Crippen molar-refractivity contribution in [3.05, 3.63) is 45.9 Å². The molecule has 0 spiro atoms. The molecule has 0 saturated heterocycles. The molecule has 8 heteroatoms. The zero-order valence-electron chi connectivity index (χ0n) is 16.1. The number of methoxy groups -OCH3 is 1.